The third-order valence-electron chi connectivity index (χ3n) is 3.16. The quantitative estimate of drug-likeness (QED) is 0.883. The monoisotopic (exact) mass is 304 g/mol. The van der Waals surface area contributed by atoms with Crippen LogP contribution >= 0.6 is 11.3 Å². The zero-order valence-electron chi connectivity index (χ0n) is 11.2. The predicted octanol–water partition coefficient (Wildman–Crippen LogP) is 1.55. The van der Waals surface area contributed by atoms with Crippen molar-refractivity contribution in [1.29, 1.82) is 0 Å². The van der Waals surface area contributed by atoms with E-state index >= 15 is 0 Å². The Balaban J connectivity index is 2.07. The van der Waals surface area contributed by atoms with Crippen molar-refractivity contribution < 1.29 is 8.42 Å². The molecule has 0 radical (unpaired) electrons. The van der Waals surface area contributed by atoms with E-state index in [1.807, 2.05) is 6.92 Å². The maximum Gasteiger partial charge on any atom is 0.303 e. The number of hydrogen-bond acceptors (Lipinski definition) is 5. The predicted molar refractivity (Wildman–Crippen MR) is 77.2 cm³/mol. The first-order valence-electron chi connectivity index (χ1n) is 6.37. The Morgan fingerprint density at radius 3 is 2.95 bits per heavy atom. The van der Waals surface area contributed by atoms with E-state index in [0.29, 0.717) is 29.8 Å². The molecule has 1 fully saturated rings. The Bertz CT molecular complexity index is 527. The number of hydrogen-bond donors (Lipinski definition) is 2. The summed E-state index contributed by atoms with van der Waals surface area (Å²) in [6, 6.07) is -0.190. The fourth-order valence-electron chi connectivity index (χ4n) is 2.08. The first-order chi connectivity index (χ1) is 8.88. The van der Waals surface area contributed by atoms with Crippen LogP contribution in [0.3, 0.4) is 0 Å². The zero-order valence-corrected chi connectivity index (χ0v) is 12.8. The van der Waals surface area contributed by atoms with Crippen molar-refractivity contribution in [3.63, 3.8) is 0 Å². The van der Waals surface area contributed by atoms with Gasteiger partial charge in [0.05, 0.1) is 5.69 Å². The van der Waals surface area contributed by atoms with Crippen LogP contribution in [0.4, 0.5) is 5.13 Å². The largest absolute Gasteiger partial charge is 0.323 e. The molecule has 0 amide bonds. The summed E-state index contributed by atoms with van der Waals surface area (Å²) in [5.41, 5.74) is 6.41. The first kappa shape index (κ1) is 14.7. The molecule has 2 atom stereocenters. The lowest BCUT2D eigenvalue weighted by molar-refractivity contribution is 0.282. The minimum absolute atomic E-state index is 0.190. The van der Waals surface area contributed by atoms with Gasteiger partial charge in [0, 0.05) is 24.5 Å². The van der Waals surface area contributed by atoms with E-state index in [0.717, 1.165) is 12.8 Å². The van der Waals surface area contributed by atoms with Crippen LogP contribution in [-0.2, 0) is 10.2 Å². The van der Waals surface area contributed by atoms with Gasteiger partial charge in [-0.25, -0.2) is 9.71 Å². The Morgan fingerprint density at radius 2 is 2.37 bits per heavy atom. The van der Waals surface area contributed by atoms with Crippen molar-refractivity contribution in [2.45, 2.75) is 32.7 Å². The van der Waals surface area contributed by atoms with Crippen molar-refractivity contribution in [3.8, 4) is 0 Å². The van der Waals surface area contributed by atoms with Gasteiger partial charge in [0.1, 0.15) is 0 Å². The molecule has 108 valence electrons. The number of piperidine rings is 1. The van der Waals surface area contributed by atoms with Gasteiger partial charge >= 0.3 is 10.2 Å². The van der Waals surface area contributed by atoms with Crippen LogP contribution in [-0.4, -0.2) is 30.8 Å². The highest BCUT2D eigenvalue weighted by Gasteiger charge is 2.27. The molecule has 0 aromatic carbocycles. The maximum atomic E-state index is 12.2. The molecule has 1 aromatic heterocycles. The molecule has 19 heavy (non-hydrogen) atoms. The van der Waals surface area contributed by atoms with Crippen LogP contribution < -0.4 is 10.5 Å². The molecule has 8 heteroatoms. The van der Waals surface area contributed by atoms with Crippen molar-refractivity contribution in [3.05, 3.63) is 11.1 Å². The summed E-state index contributed by atoms with van der Waals surface area (Å²) in [6.45, 7) is 5.03. The Labute approximate surface area is 118 Å². The number of rotatable bonds is 4. The molecule has 1 saturated heterocycles. The number of nitrogens with one attached hydrogen (secondary N) is 1. The van der Waals surface area contributed by atoms with Crippen LogP contribution in [0, 0.1) is 5.92 Å². The summed E-state index contributed by atoms with van der Waals surface area (Å²) < 4.78 is 28.5. The average Bonchev–Trinajstić information content (AvgIpc) is 2.77. The number of thiazole rings is 1. The van der Waals surface area contributed by atoms with E-state index in [-0.39, 0.29) is 6.04 Å². The lowest BCUT2D eigenvalue weighted by Crippen LogP contribution is -2.42. The molecule has 1 aromatic rings. The van der Waals surface area contributed by atoms with E-state index in [9.17, 15) is 8.42 Å². The number of aromatic nitrogens is 1. The normalized spacial score (nSPS) is 23.2. The molecule has 0 spiro atoms. The zero-order chi connectivity index (χ0) is 14.0. The second-order valence-electron chi connectivity index (χ2n) is 5.08. The molecular formula is C11H20N4O2S2. The molecule has 1 aliphatic rings. The van der Waals surface area contributed by atoms with Crippen molar-refractivity contribution in [2.75, 3.05) is 17.8 Å². The van der Waals surface area contributed by atoms with Crippen LogP contribution in [0.1, 0.15) is 38.4 Å². The minimum atomic E-state index is -3.49. The van der Waals surface area contributed by atoms with Gasteiger partial charge in [-0.2, -0.15) is 12.7 Å². The first-order valence-corrected chi connectivity index (χ1v) is 8.69. The maximum absolute atomic E-state index is 12.2. The Morgan fingerprint density at radius 1 is 1.63 bits per heavy atom. The lowest BCUT2D eigenvalue weighted by atomic mass is 10.0. The number of nitrogens with two attached hydrogens (primary N) is 1. The van der Waals surface area contributed by atoms with E-state index < -0.39 is 10.2 Å². The molecular weight excluding hydrogens is 284 g/mol. The number of anilines is 1. The summed E-state index contributed by atoms with van der Waals surface area (Å²) in [4.78, 5) is 4.19. The van der Waals surface area contributed by atoms with Gasteiger partial charge in [-0.05, 0) is 25.7 Å². The summed E-state index contributed by atoms with van der Waals surface area (Å²) >= 11 is 1.26. The molecule has 2 rings (SSSR count). The standard InChI is InChI=1S/C11H20N4O2S2/c1-8-4-3-5-15(6-8)19(16,17)14-11-13-10(7-18-11)9(2)12/h7-9H,3-6,12H2,1-2H3,(H,13,14). The molecule has 1 aliphatic heterocycles. The summed E-state index contributed by atoms with van der Waals surface area (Å²) in [5.74, 6) is 0.404. The van der Waals surface area contributed by atoms with E-state index in [1.165, 1.54) is 15.6 Å². The Hall–Kier alpha value is -0.700. The molecule has 2 unspecified atom stereocenters. The summed E-state index contributed by atoms with van der Waals surface area (Å²) in [5, 5.41) is 2.16. The Kier molecular flexibility index (Phi) is 4.44. The third-order valence-corrected chi connectivity index (χ3v) is 5.53. The highest BCUT2D eigenvalue weighted by Crippen LogP contribution is 2.23. The molecule has 0 bridgehead atoms. The van der Waals surface area contributed by atoms with Gasteiger partial charge in [-0.3, -0.25) is 0 Å². The molecule has 2 heterocycles. The summed E-state index contributed by atoms with van der Waals surface area (Å²) in [7, 11) is -3.49. The summed E-state index contributed by atoms with van der Waals surface area (Å²) in [6.07, 6.45) is 1.99. The van der Waals surface area contributed by atoms with Crippen LogP contribution in [0.2, 0.25) is 0 Å². The fraction of sp³-hybridized carbons (Fsp3) is 0.727. The van der Waals surface area contributed by atoms with Gasteiger partial charge in [-0.1, -0.05) is 6.92 Å². The van der Waals surface area contributed by atoms with E-state index in [4.69, 9.17) is 5.73 Å². The molecule has 6 nitrogen and oxygen atoms in total. The van der Waals surface area contributed by atoms with E-state index in [1.54, 1.807) is 5.38 Å². The second-order valence-corrected chi connectivity index (χ2v) is 7.61. The minimum Gasteiger partial charge on any atom is -0.323 e. The SMILES string of the molecule is CC1CCCN(S(=O)(=O)Nc2nc(C(C)N)cs2)C1. The molecule has 0 saturated carbocycles. The van der Waals surface area contributed by atoms with Gasteiger partial charge in [0.15, 0.2) is 5.13 Å². The third kappa shape index (κ3) is 3.65. The van der Waals surface area contributed by atoms with E-state index in [2.05, 4.69) is 16.6 Å². The van der Waals surface area contributed by atoms with Crippen molar-refractivity contribution in [1.82, 2.24) is 9.29 Å². The highest BCUT2D eigenvalue weighted by molar-refractivity contribution is 7.90. The number of nitrogens with zero attached hydrogens (tertiary/aromatic N) is 2. The molecule has 0 aliphatic carbocycles. The topological polar surface area (TPSA) is 88.3 Å². The lowest BCUT2D eigenvalue weighted by Gasteiger charge is -2.29. The fourth-order valence-corrected chi connectivity index (χ4v) is 4.46. The second kappa shape index (κ2) is 5.74. The van der Waals surface area contributed by atoms with Gasteiger partial charge in [0.2, 0.25) is 0 Å². The van der Waals surface area contributed by atoms with Gasteiger partial charge < -0.3 is 5.73 Å². The highest BCUT2D eigenvalue weighted by atomic mass is 32.2. The van der Waals surface area contributed by atoms with Crippen LogP contribution in [0.25, 0.3) is 0 Å². The van der Waals surface area contributed by atoms with Crippen LogP contribution in [0.15, 0.2) is 5.38 Å². The average molecular weight is 304 g/mol. The van der Waals surface area contributed by atoms with Gasteiger partial charge in [0.25, 0.3) is 0 Å². The van der Waals surface area contributed by atoms with Gasteiger partial charge in [-0.15, -0.1) is 11.3 Å². The van der Waals surface area contributed by atoms with Crippen molar-refractivity contribution in [2.24, 2.45) is 11.7 Å². The smallest absolute Gasteiger partial charge is 0.303 e. The van der Waals surface area contributed by atoms with Crippen molar-refractivity contribution >= 4 is 26.7 Å². The van der Waals surface area contributed by atoms with Crippen LogP contribution in [0.5, 0.6) is 0 Å². The molecule has 3 N–H and O–H groups in total.